The summed E-state index contributed by atoms with van der Waals surface area (Å²) in [5.74, 6) is -0.696. The van der Waals surface area contributed by atoms with Crippen molar-refractivity contribution in [1.82, 2.24) is 4.90 Å². The molecular formula is C21H20Cl2N2O5. The molecule has 3 amide bonds. The molecule has 1 atom stereocenters. The highest BCUT2D eigenvalue weighted by Gasteiger charge is 2.41. The van der Waals surface area contributed by atoms with Gasteiger partial charge in [0.1, 0.15) is 6.04 Å². The summed E-state index contributed by atoms with van der Waals surface area (Å²) >= 11 is 11.9. The standard InChI is InChI=1S/C21H20Cl2N2O5/c1-4-29-17-7-6-12(8-18(17)30-5-2)24-19(26)11(3)25-20(27)13-9-15(22)16(23)10-14(13)21(25)28/h6-11H,4-5H2,1-3H3,(H,24,26). The van der Waals surface area contributed by atoms with E-state index < -0.39 is 23.8 Å². The van der Waals surface area contributed by atoms with Gasteiger partial charge in [0.15, 0.2) is 11.5 Å². The predicted octanol–water partition coefficient (Wildman–Crippen LogP) is 4.41. The third kappa shape index (κ3) is 4.08. The van der Waals surface area contributed by atoms with E-state index in [-0.39, 0.29) is 21.2 Å². The molecule has 2 aromatic rings. The van der Waals surface area contributed by atoms with Gasteiger partial charge in [-0.1, -0.05) is 23.2 Å². The number of nitrogens with zero attached hydrogens (tertiary/aromatic N) is 1. The molecule has 30 heavy (non-hydrogen) atoms. The molecule has 3 rings (SSSR count). The topological polar surface area (TPSA) is 84.9 Å². The number of imide groups is 1. The summed E-state index contributed by atoms with van der Waals surface area (Å²) in [6.07, 6.45) is 0. The first-order chi connectivity index (χ1) is 14.3. The molecule has 1 N–H and O–H groups in total. The Morgan fingerprint density at radius 2 is 1.50 bits per heavy atom. The average molecular weight is 451 g/mol. The third-order valence-corrected chi connectivity index (χ3v) is 5.26. The van der Waals surface area contributed by atoms with Crippen molar-refractivity contribution in [2.75, 3.05) is 18.5 Å². The van der Waals surface area contributed by atoms with Crippen LogP contribution in [0, 0.1) is 0 Å². The van der Waals surface area contributed by atoms with Crippen LogP contribution in [0.25, 0.3) is 0 Å². The number of anilines is 1. The van der Waals surface area contributed by atoms with Gasteiger partial charge >= 0.3 is 0 Å². The molecule has 0 aliphatic carbocycles. The minimum atomic E-state index is -1.06. The molecule has 0 bridgehead atoms. The number of hydrogen-bond acceptors (Lipinski definition) is 5. The first kappa shape index (κ1) is 21.9. The lowest BCUT2D eigenvalue weighted by Crippen LogP contribution is -2.45. The number of ether oxygens (including phenoxy) is 2. The molecule has 158 valence electrons. The highest BCUT2D eigenvalue weighted by atomic mass is 35.5. The Labute approximate surface area is 183 Å². The molecule has 0 aromatic heterocycles. The molecule has 1 unspecified atom stereocenters. The molecule has 0 radical (unpaired) electrons. The molecule has 2 aromatic carbocycles. The van der Waals surface area contributed by atoms with E-state index in [1.165, 1.54) is 19.1 Å². The lowest BCUT2D eigenvalue weighted by molar-refractivity contribution is -0.119. The fourth-order valence-corrected chi connectivity index (χ4v) is 3.42. The molecule has 0 saturated heterocycles. The first-order valence-corrected chi connectivity index (χ1v) is 10.1. The normalized spacial score (nSPS) is 13.8. The smallest absolute Gasteiger partial charge is 0.262 e. The number of carbonyl (C=O) groups excluding carboxylic acids is 3. The van der Waals surface area contributed by atoms with Crippen molar-refractivity contribution in [2.45, 2.75) is 26.8 Å². The number of fused-ring (bicyclic) bond motifs is 1. The Morgan fingerprint density at radius 3 is 2.03 bits per heavy atom. The van der Waals surface area contributed by atoms with Gasteiger partial charge in [0, 0.05) is 11.8 Å². The molecule has 1 aliphatic heterocycles. The Balaban J connectivity index is 1.80. The summed E-state index contributed by atoms with van der Waals surface area (Å²) in [6.45, 7) is 6.06. The van der Waals surface area contributed by atoms with Crippen molar-refractivity contribution in [3.05, 3.63) is 51.5 Å². The molecule has 1 heterocycles. The molecule has 0 fully saturated rings. The maximum absolute atomic E-state index is 12.8. The number of rotatable bonds is 7. The van der Waals surface area contributed by atoms with Crippen LogP contribution in [0.15, 0.2) is 30.3 Å². The van der Waals surface area contributed by atoms with Gasteiger partial charge < -0.3 is 14.8 Å². The number of carbonyl (C=O) groups is 3. The van der Waals surface area contributed by atoms with Crippen molar-refractivity contribution >= 4 is 46.6 Å². The van der Waals surface area contributed by atoms with Gasteiger partial charge in [0.05, 0.1) is 34.4 Å². The minimum absolute atomic E-state index is 0.119. The molecular weight excluding hydrogens is 431 g/mol. The number of hydrogen-bond donors (Lipinski definition) is 1. The zero-order valence-electron chi connectivity index (χ0n) is 16.6. The van der Waals surface area contributed by atoms with Crippen LogP contribution in [0.3, 0.4) is 0 Å². The SMILES string of the molecule is CCOc1ccc(NC(=O)C(C)N2C(=O)c3cc(Cl)c(Cl)cc3C2=O)cc1OCC. The van der Waals surface area contributed by atoms with Crippen molar-refractivity contribution in [1.29, 1.82) is 0 Å². The average Bonchev–Trinajstić information content (AvgIpc) is 2.94. The van der Waals surface area contributed by atoms with Gasteiger partial charge in [-0.05, 0) is 45.0 Å². The Morgan fingerprint density at radius 1 is 0.967 bits per heavy atom. The summed E-state index contributed by atoms with van der Waals surface area (Å²) in [4.78, 5) is 39.1. The van der Waals surface area contributed by atoms with Crippen molar-refractivity contribution in [2.24, 2.45) is 0 Å². The van der Waals surface area contributed by atoms with E-state index in [1.807, 2.05) is 13.8 Å². The van der Waals surface area contributed by atoms with Crippen LogP contribution < -0.4 is 14.8 Å². The van der Waals surface area contributed by atoms with E-state index >= 15 is 0 Å². The maximum atomic E-state index is 12.8. The van der Waals surface area contributed by atoms with E-state index in [1.54, 1.807) is 18.2 Å². The quantitative estimate of drug-likeness (QED) is 0.631. The monoisotopic (exact) mass is 450 g/mol. The highest BCUT2D eigenvalue weighted by Crippen LogP contribution is 2.33. The maximum Gasteiger partial charge on any atom is 0.262 e. The molecule has 0 saturated carbocycles. The van der Waals surface area contributed by atoms with Crippen molar-refractivity contribution in [3.8, 4) is 11.5 Å². The number of amides is 3. The van der Waals surface area contributed by atoms with Crippen molar-refractivity contribution in [3.63, 3.8) is 0 Å². The highest BCUT2D eigenvalue weighted by molar-refractivity contribution is 6.43. The Kier molecular flexibility index (Phi) is 6.53. The third-order valence-electron chi connectivity index (χ3n) is 4.54. The summed E-state index contributed by atoms with van der Waals surface area (Å²) in [5, 5.41) is 3.03. The van der Waals surface area contributed by atoms with Crippen LogP contribution in [-0.2, 0) is 4.79 Å². The predicted molar refractivity (Wildman–Crippen MR) is 114 cm³/mol. The molecule has 7 nitrogen and oxygen atoms in total. The van der Waals surface area contributed by atoms with Crippen LogP contribution >= 0.6 is 23.2 Å². The summed E-state index contributed by atoms with van der Waals surface area (Å²) in [7, 11) is 0. The largest absolute Gasteiger partial charge is 0.490 e. The van der Waals surface area contributed by atoms with Crippen LogP contribution in [0.2, 0.25) is 10.0 Å². The first-order valence-electron chi connectivity index (χ1n) is 9.35. The van der Waals surface area contributed by atoms with Crippen molar-refractivity contribution < 1.29 is 23.9 Å². The molecule has 9 heteroatoms. The summed E-state index contributed by atoms with van der Waals surface area (Å²) < 4.78 is 11.1. The van der Waals surface area contributed by atoms with Gasteiger partial charge in [-0.2, -0.15) is 0 Å². The van der Waals surface area contributed by atoms with Crippen LogP contribution in [-0.4, -0.2) is 41.9 Å². The summed E-state index contributed by atoms with van der Waals surface area (Å²) in [5.41, 5.74) is 0.684. The second-order valence-corrected chi connectivity index (χ2v) is 7.30. The van der Waals surface area contributed by atoms with Gasteiger partial charge in [-0.15, -0.1) is 0 Å². The van der Waals surface area contributed by atoms with E-state index in [0.29, 0.717) is 30.4 Å². The second-order valence-electron chi connectivity index (χ2n) is 6.48. The van der Waals surface area contributed by atoms with Gasteiger partial charge in [-0.25, -0.2) is 0 Å². The van der Waals surface area contributed by atoms with Crippen LogP contribution in [0.5, 0.6) is 11.5 Å². The summed E-state index contributed by atoms with van der Waals surface area (Å²) in [6, 6.07) is 6.58. The van der Waals surface area contributed by atoms with Crippen LogP contribution in [0.1, 0.15) is 41.5 Å². The second kappa shape index (κ2) is 8.93. The zero-order valence-corrected chi connectivity index (χ0v) is 18.1. The Bertz CT molecular complexity index is 984. The molecule has 0 spiro atoms. The van der Waals surface area contributed by atoms with E-state index in [2.05, 4.69) is 5.32 Å². The van der Waals surface area contributed by atoms with E-state index in [4.69, 9.17) is 32.7 Å². The lowest BCUT2D eigenvalue weighted by atomic mass is 10.1. The lowest BCUT2D eigenvalue weighted by Gasteiger charge is -2.22. The zero-order chi connectivity index (χ0) is 22.0. The number of benzene rings is 2. The van der Waals surface area contributed by atoms with Crippen LogP contribution in [0.4, 0.5) is 5.69 Å². The van der Waals surface area contributed by atoms with E-state index in [9.17, 15) is 14.4 Å². The molecule has 1 aliphatic rings. The minimum Gasteiger partial charge on any atom is -0.490 e. The number of halogens is 2. The Hall–Kier alpha value is -2.77. The van der Waals surface area contributed by atoms with Gasteiger partial charge in [-0.3, -0.25) is 19.3 Å². The van der Waals surface area contributed by atoms with E-state index in [0.717, 1.165) is 4.90 Å². The number of nitrogens with one attached hydrogen (secondary N) is 1. The fourth-order valence-electron chi connectivity index (χ4n) is 3.10. The van der Waals surface area contributed by atoms with Gasteiger partial charge in [0.25, 0.3) is 11.8 Å². The van der Waals surface area contributed by atoms with Gasteiger partial charge in [0.2, 0.25) is 5.91 Å². The fraction of sp³-hybridized carbons (Fsp3) is 0.286.